The van der Waals surface area contributed by atoms with Crippen molar-refractivity contribution in [3.05, 3.63) is 54.6 Å². The van der Waals surface area contributed by atoms with Crippen molar-refractivity contribution in [2.45, 2.75) is 9.79 Å². The zero-order chi connectivity index (χ0) is 30.1. The lowest BCUT2D eigenvalue weighted by Crippen LogP contribution is -2.03. The maximum absolute atomic E-state index is 12.2. The molecule has 0 aliphatic rings. The molecule has 4 rings (SSSR count). The van der Waals surface area contributed by atoms with Crippen LogP contribution in [0.1, 0.15) is 0 Å². The highest BCUT2D eigenvalue weighted by molar-refractivity contribution is 7.86. The maximum atomic E-state index is 12.2. The molecule has 0 amide bonds. The molecular weight excluding hydrogens is 602 g/mol. The first-order chi connectivity index (χ1) is 19.3. The molecule has 0 atom stereocenters. The zero-order valence-electron chi connectivity index (χ0n) is 21.0. The first-order valence-electron chi connectivity index (χ1n) is 11.1. The molecule has 5 N–H and O–H groups in total. The average molecular weight is 622 g/mol. The second-order valence-electron chi connectivity index (χ2n) is 8.25. The number of hydrogen-bond acceptors (Lipinski definition) is 12. The number of phenols is 1. The van der Waals surface area contributed by atoms with Gasteiger partial charge in [-0.05, 0) is 52.9 Å². The van der Waals surface area contributed by atoms with Gasteiger partial charge in [0.05, 0.1) is 37.1 Å². The molecule has 0 unspecified atom stereocenters. The van der Waals surface area contributed by atoms with Gasteiger partial charge in [0.15, 0.2) is 0 Å². The predicted molar refractivity (Wildman–Crippen MR) is 149 cm³/mol. The number of nitrogens with two attached hydrogens (primary N) is 1. The van der Waals surface area contributed by atoms with E-state index in [1.54, 1.807) is 30.3 Å². The van der Waals surface area contributed by atoms with Gasteiger partial charge in [0, 0.05) is 0 Å². The van der Waals surface area contributed by atoms with Crippen molar-refractivity contribution in [3.8, 4) is 28.4 Å². The molecule has 0 bridgehead atoms. The molecule has 4 aromatic carbocycles. The molecule has 0 spiro atoms. The molecule has 41 heavy (non-hydrogen) atoms. The minimum atomic E-state index is -4.92. The van der Waals surface area contributed by atoms with Crippen LogP contribution in [0.2, 0.25) is 0 Å². The number of anilines is 1. The number of nitrogen functional groups attached to an aromatic ring is 1. The van der Waals surface area contributed by atoms with Crippen LogP contribution in [0.15, 0.2) is 84.4 Å². The second kappa shape index (κ2) is 11.3. The van der Waals surface area contributed by atoms with Crippen LogP contribution in [0.3, 0.4) is 0 Å². The number of halogens is 1. The molecule has 14 nitrogen and oxygen atoms in total. The molecule has 0 saturated heterocycles. The van der Waals surface area contributed by atoms with Crippen molar-refractivity contribution in [2.75, 3.05) is 20.0 Å². The van der Waals surface area contributed by atoms with Crippen molar-refractivity contribution in [1.82, 2.24) is 0 Å². The standard InChI is InChI=1S/C24H20ClN5O9S2/c1-38-17-9-12(13-4-7-16(28-30-25)18(10-13)39-2)3-6-15(17)27-29-23-20(41(35,36)37)11-14-5-8-19(40(32,33)34)24(31)21(14)22(23)26/h3-11,31H,26H2,1-2H3,(H,32,33,34)(H,35,36,37). The Kier molecular flexibility index (Phi) is 8.14. The van der Waals surface area contributed by atoms with Gasteiger partial charge in [0.1, 0.15) is 44.1 Å². The molecule has 17 heteroatoms. The van der Waals surface area contributed by atoms with Crippen LogP contribution in [-0.2, 0) is 20.2 Å². The van der Waals surface area contributed by atoms with Crippen LogP contribution >= 0.6 is 11.8 Å². The van der Waals surface area contributed by atoms with Crippen molar-refractivity contribution < 1.29 is 40.5 Å². The molecule has 0 aromatic heterocycles. The molecule has 4 aromatic rings. The summed E-state index contributed by atoms with van der Waals surface area (Å²) >= 11 is 5.32. The van der Waals surface area contributed by atoms with E-state index < -0.39 is 47.2 Å². The molecule has 0 radical (unpaired) electrons. The van der Waals surface area contributed by atoms with E-state index in [0.29, 0.717) is 22.6 Å². The Morgan fingerprint density at radius 1 is 0.756 bits per heavy atom. The number of ether oxygens (including phenoxy) is 2. The SMILES string of the molecule is COc1cc(-c2ccc(N=Nc3c(S(=O)(=O)O)cc4ccc(S(=O)(=O)O)c(O)c4c3N)c(OC)c2)ccc1N=NCl. The average Bonchev–Trinajstić information content (AvgIpc) is 2.91. The molecular formula is C24H20ClN5O9S2. The van der Waals surface area contributed by atoms with Crippen LogP contribution in [0.4, 0.5) is 22.7 Å². The van der Waals surface area contributed by atoms with Gasteiger partial charge in [0.2, 0.25) is 0 Å². The Labute approximate surface area is 238 Å². The van der Waals surface area contributed by atoms with Gasteiger partial charge >= 0.3 is 0 Å². The summed E-state index contributed by atoms with van der Waals surface area (Å²) in [5.41, 5.74) is 6.86. The number of fused-ring (bicyclic) bond motifs is 1. The van der Waals surface area contributed by atoms with Crippen LogP contribution in [0.25, 0.3) is 21.9 Å². The maximum Gasteiger partial charge on any atom is 0.298 e. The lowest BCUT2D eigenvalue weighted by atomic mass is 10.0. The molecule has 0 aliphatic carbocycles. The quantitative estimate of drug-likeness (QED) is 0.103. The summed E-state index contributed by atoms with van der Waals surface area (Å²) in [4.78, 5) is -1.63. The molecule has 0 saturated carbocycles. The molecule has 0 heterocycles. The Hall–Kier alpha value is -4.35. The number of benzene rings is 4. The third kappa shape index (κ3) is 5.91. The lowest BCUT2D eigenvalue weighted by molar-refractivity contribution is 0.415. The largest absolute Gasteiger partial charge is 0.506 e. The smallest absolute Gasteiger partial charge is 0.298 e. The number of rotatable bonds is 8. The summed E-state index contributed by atoms with van der Waals surface area (Å²) in [5.74, 6) is -0.338. The number of phenolic OH excluding ortho intramolecular Hbond substituents is 1. The van der Waals surface area contributed by atoms with E-state index in [0.717, 1.165) is 18.2 Å². The lowest BCUT2D eigenvalue weighted by Gasteiger charge is -2.13. The second-order valence-corrected chi connectivity index (χ2v) is 11.2. The van der Waals surface area contributed by atoms with Gasteiger partial charge in [-0.3, -0.25) is 9.11 Å². The fourth-order valence-electron chi connectivity index (χ4n) is 3.98. The van der Waals surface area contributed by atoms with E-state index >= 15 is 0 Å². The summed E-state index contributed by atoms with van der Waals surface area (Å²) in [5, 5.41) is 21.8. The van der Waals surface area contributed by atoms with E-state index in [2.05, 4.69) is 20.0 Å². The van der Waals surface area contributed by atoms with Gasteiger partial charge in [-0.1, -0.05) is 22.8 Å². The molecule has 0 fully saturated rings. The topological polar surface area (TPSA) is 223 Å². The van der Waals surface area contributed by atoms with Crippen LogP contribution < -0.4 is 15.2 Å². The van der Waals surface area contributed by atoms with E-state index in [4.69, 9.17) is 27.0 Å². The van der Waals surface area contributed by atoms with Gasteiger partial charge in [-0.25, -0.2) is 0 Å². The number of methoxy groups -OCH3 is 2. The third-order valence-electron chi connectivity index (χ3n) is 5.87. The fourth-order valence-corrected chi connectivity index (χ4v) is 5.32. The summed E-state index contributed by atoms with van der Waals surface area (Å²) < 4.78 is 80.8. The van der Waals surface area contributed by atoms with Gasteiger partial charge in [-0.15, -0.1) is 15.3 Å². The third-order valence-corrected chi connectivity index (χ3v) is 7.70. The van der Waals surface area contributed by atoms with Crippen LogP contribution in [0.5, 0.6) is 17.2 Å². The van der Waals surface area contributed by atoms with E-state index in [9.17, 15) is 31.0 Å². The first-order valence-corrected chi connectivity index (χ1v) is 14.3. The van der Waals surface area contributed by atoms with Gasteiger partial charge in [-0.2, -0.15) is 16.8 Å². The number of hydrogen-bond donors (Lipinski definition) is 4. The summed E-state index contributed by atoms with van der Waals surface area (Å²) in [7, 11) is -6.96. The highest BCUT2D eigenvalue weighted by Crippen LogP contribution is 2.45. The first kappa shape index (κ1) is 29.6. The van der Waals surface area contributed by atoms with E-state index in [1.165, 1.54) is 20.3 Å². The predicted octanol–water partition coefficient (Wildman–Crippen LogP) is 5.96. The monoisotopic (exact) mass is 621 g/mol. The van der Waals surface area contributed by atoms with E-state index in [1.807, 2.05) is 0 Å². The zero-order valence-corrected chi connectivity index (χ0v) is 23.4. The van der Waals surface area contributed by atoms with E-state index in [-0.39, 0.29) is 22.2 Å². The van der Waals surface area contributed by atoms with Crippen molar-refractivity contribution in [2.24, 2.45) is 20.0 Å². The number of azo groups is 1. The molecule has 0 aliphatic heterocycles. The highest BCUT2D eigenvalue weighted by atomic mass is 35.5. The number of aromatic hydroxyl groups is 1. The van der Waals surface area contributed by atoms with Crippen LogP contribution in [0, 0.1) is 0 Å². The van der Waals surface area contributed by atoms with Crippen molar-refractivity contribution in [1.29, 1.82) is 0 Å². The Bertz CT molecular complexity index is 1960. The highest BCUT2D eigenvalue weighted by Gasteiger charge is 2.25. The summed E-state index contributed by atoms with van der Waals surface area (Å²) in [6.45, 7) is 0. The summed E-state index contributed by atoms with van der Waals surface area (Å²) in [6, 6.07) is 12.7. The van der Waals surface area contributed by atoms with Crippen molar-refractivity contribution >= 4 is 65.5 Å². The minimum Gasteiger partial charge on any atom is -0.506 e. The Morgan fingerprint density at radius 3 is 1.78 bits per heavy atom. The Morgan fingerprint density at radius 2 is 1.29 bits per heavy atom. The van der Waals surface area contributed by atoms with Gasteiger partial charge in [0.25, 0.3) is 20.2 Å². The molecule has 214 valence electrons. The number of nitrogens with zero attached hydrogens (tertiary/aromatic N) is 4. The van der Waals surface area contributed by atoms with Crippen LogP contribution in [-0.4, -0.2) is 45.3 Å². The summed E-state index contributed by atoms with van der Waals surface area (Å²) in [6.07, 6.45) is 0. The van der Waals surface area contributed by atoms with Gasteiger partial charge < -0.3 is 20.3 Å². The van der Waals surface area contributed by atoms with Crippen molar-refractivity contribution in [3.63, 3.8) is 0 Å². The normalized spacial score (nSPS) is 12.4. The Balaban J connectivity index is 1.86. The fraction of sp³-hybridized carbons (Fsp3) is 0.0833. The minimum absolute atomic E-state index is 0.0603.